The van der Waals surface area contributed by atoms with Crippen LogP contribution in [0.4, 0.5) is 0 Å². The number of hydrogen-bond donors (Lipinski definition) is 0. The lowest BCUT2D eigenvalue weighted by atomic mass is 9.86. The van der Waals surface area contributed by atoms with Crippen LogP contribution in [0, 0.1) is 5.92 Å². The number of allylic oxidation sites excluding steroid dienone is 1. The van der Waals surface area contributed by atoms with Crippen LogP contribution in [0.3, 0.4) is 0 Å². The molecule has 2 bridgehead atoms. The monoisotopic (exact) mass is 135 g/mol. The van der Waals surface area contributed by atoms with Crippen molar-refractivity contribution >= 4 is 5.71 Å². The summed E-state index contributed by atoms with van der Waals surface area (Å²) in [5.74, 6) is 0.922. The first-order chi connectivity index (χ1) is 4.95. The van der Waals surface area contributed by atoms with Crippen LogP contribution in [0.15, 0.2) is 17.3 Å². The molecule has 0 spiro atoms. The van der Waals surface area contributed by atoms with Crippen molar-refractivity contribution in [2.45, 2.75) is 32.1 Å². The predicted octanol–water partition coefficient (Wildman–Crippen LogP) is 2.54. The Balaban J connectivity index is 2.17. The van der Waals surface area contributed by atoms with Crippen LogP contribution in [0.2, 0.25) is 0 Å². The first-order valence-corrected chi connectivity index (χ1v) is 4.16. The molecule has 0 amide bonds. The van der Waals surface area contributed by atoms with E-state index in [1.807, 2.05) is 6.20 Å². The molecule has 1 aliphatic heterocycles. The topological polar surface area (TPSA) is 12.4 Å². The smallest absolute Gasteiger partial charge is 0.0227 e. The predicted molar refractivity (Wildman–Crippen MR) is 43.2 cm³/mol. The zero-order valence-corrected chi connectivity index (χ0v) is 6.21. The normalized spacial score (nSPS) is 31.2. The summed E-state index contributed by atoms with van der Waals surface area (Å²) in [4.78, 5) is 4.38. The first kappa shape index (κ1) is 6.14. The van der Waals surface area contributed by atoms with E-state index in [4.69, 9.17) is 0 Å². The van der Waals surface area contributed by atoms with Gasteiger partial charge in [-0.2, -0.15) is 0 Å². The van der Waals surface area contributed by atoms with Crippen molar-refractivity contribution in [2.75, 3.05) is 0 Å². The van der Waals surface area contributed by atoms with Gasteiger partial charge in [0.1, 0.15) is 0 Å². The highest BCUT2D eigenvalue weighted by molar-refractivity contribution is 5.86. The van der Waals surface area contributed by atoms with E-state index in [0.717, 1.165) is 5.92 Å². The molecule has 0 radical (unpaired) electrons. The molecule has 1 aliphatic carbocycles. The van der Waals surface area contributed by atoms with Gasteiger partial charge in [-0.3, -0.25) is 4.99 Å². The van der Waals surface area contributed by atoms with Gasteiger partial charge in [-0.15, -0.1) is 0 Å². The number of fused-ring (bicyclic) bond motifs is 2. The molecule has 10 heavy (non-hydrogen) atoms. The number of hydrogen-bond acceptors (Lipinski definition) is 1. The summed E-state index contributed by atoms with van der Waals surface area (Å²) >= 11 is 0. The summed E-state index contributed by atoms with van der Waals surface area (Å²) in [7, 11) is 0. The van der Waals surface area contributed by atoms with E-state index in [2.05, 4.69) is 11.1 Å². The SMILES string of the molecule is C1=CN=C2CCCC(C1)C2. The van der Waals surface area contributed by atoms with Gasteiger partial charge in [-0.1, -0.05) is 6.08 Å². The van der Waals surface area contributed by atoms with Crippen molar-refractivity contribution in [2.24, 2.45) is 10.9 Å². The van der Waals surface area contributed by atoms with Gasteiger partial charge < -0.3 is 0 Å². The van der Waals surface area contributed by atoms with Crippen LogP contribution in [0.5, 0.6) is 0 Å². The molecule has 0 aromatic heterocycles. The molecule has 1 fully saturated rings. The molecule has 1 atom stereocenters. The maximum absolute atomic E-state index is 4.38. The minimum atomic E-state index is 0.922. The maximum Gasteiger partial charge on any atom is 0.0227 e. The number of aliphatic imine (C=N–C) groups is 1. The highest BCUT2D eigenvalue weighted by Gasteiger charge is 2.17. The minimum Gasteiger partial charge on any atom is -0.266 e. The van der Waals surface area contributed by atoms with Gasteiger partial charge in [-0.05, 0) is 38.0 Å². The quantitative estimate of drug-likeness (QED) is 0.484. The fraction of sp³-hybridized carbons (Fsp3) is 0.667. The van der Waals surface area contributed by atoms with E-state index >= 15 is 0 Å². The number of rotatable bonds is 0. The molecule has 1 unspecified atom stereocenters. The Morgan fingerprint density at radius 2 is 2.50 bits per heavy atom. The Morgan fingerprint density at radius 1 is 1.50 bits per heavy atom. The fourth-order valence-corrected chi connectivity index (χ4v) is 1.86. The van der Waals surface area contributed by atoms with Crippen molar-refractivity contribution in [3.63, 3.8) is 0 Å². The lowest BCUT2D eigenvalue weighted by molar-refractivity contribution is 0.468. The van der Waals surface area contributed by atoms with Crippen molar-refractivity contribution in [1.82, 2.24) is 0 Å². The summed E-state index contributed by atoms with van der Waals surface area (Å²) in [6.07, 6.45) is 10.8. The van der Waals surface area contributed by atoms with Crippen molar-refractivity contribution in [1.29, 1.82) is 0 Å². The largest absolute Gasteiger partial charge is 0.266 e. The Hall–Kier alpha value is -0.590. The average Bonchev–Trinajstić information content (AvgIpc) is 2.12. The molecular weight excluding hydrogens is 122 g/mol. The minimum absolute atomic E-state index is 0.922. The van der Waals surface area contributed by atoms with Crippen molar-refractivity contribution < 1.29 is 0 Å². The molecule has 0 N–H and O–H groups in total. The van der Waals surface area contributed by atoms with E-state index < -0.39 is 0 Å². The lowest BCUT2D eigenvalue weighted by Crippen LogP contribution is -2.13. The number of nitrogens with zero attached hydrogens (tertiary/aromatic N) is 1. The van der Waals surface area contributed by atoms with E-state index in [1.165, 1.54) is 37.8 Å². The van der Waals surface area contributed by atoms with Crippen LogP contribution < -0.4 is 0 Å². The van der Waals surface area contributed by atoms with Crippen molar-refractivity contribution in [3.8, 4) is 0 Å². The summed E-state index contributed by atoms with van der Waals surface area (Å²) < 4.78 is 0. The van der Waals surface area contributed by atoms with Crippen LogP contribution in [-0.2, 0) is 0 Å². The van der Waals surface area contributed by atoms with E-state index in [1.54, 1.807) is 0 Å². The van der Waals surface area contributed by atoms with Gasteiger partial charge in [0.25, 0.3) is 0 Å². The highest BCUT2D eigenvalue weighted by atomic mass is 14.7. The third-order valence-corrected chi connectivity index (χ3v) is 2.43. The molecule has 2 rings (SSSR count). The second-order valence-corrected chi connectivity index (χ2v) is 3.28. The van der Waals surface area contributed by atoms with Crippen LogP contribution >= 0.6 is 0 Å². The van der Waals surface area contributed by atoms with Gasteiger partial charge in [0.05, 0.1) is 0 Å². The lowest BCUT2D eigenvalue weighted by Gasteiger charge is -2.19. The molecule has 1 heteroatoms. The van der Waals surface area contributed by atoms with E-state index in [-0.39, 0.29) is 0 Å². The first-order valence-electron chi connectivity index (χ1n) is 4.16. The van der Waals surface area contributed by atoms with Gasteiger partial charge in [0, 0.05) is 11.9 Å². The molecule has 0 saturated heterocycles. The molecule has 0 aromatic carbocycles. The average molecular weight is 135 g/mol. The Bertz CT molecular complexity index is 179. The Labute approximate surface area is 61.9 Å². The summed E-state index contributed by atoms with van der Waals surface area (Å²) in [5, 5.41) is 0. The molecule has 1 heterocycles. The van der Waals surface area contributed by atoms with E-state index in [0.29, 0.717) is 0 Å². The van der Waals surface area contributed by atoms with Gasteiger partial charge in [-0.25, -0.2) is 0 Å². The Morgan fingerprint density at radius 3 is 3.50 bits per heavy atom. The zero-order valence-electron chi connectivity index (χ0n) is 6.21. The highest BCUT2D eigenvalue weighted by Crippen LogP contribution is 2.26. The van der Waals surface area contributed by atoms with Gasteiger partial charge >= 0.3 is 0 Å². The van der Waals surface area contributed by atoms with Crippen LogP contribution in [0.1, 0.15) is 32.1 Å². The molecule has 0 aromatic rings. The molecular formula is C9H13N. The van der Waals surface area contributed by atoms with Gasteiger partial charge in [0.15, 0.2) is 0 Å². The zero-order chi connectivity index (χ0) is 6.81. The van der Waals surface area contributed by atoms with Gasteiger partial charge in [0.2, 0.25) is 0 Å². The second kappa shape index (κ2) is 2.57. The summed E-state index contributed by atoms with van der Waals surface area (Å²) in [5.41, 5.74) is 1.44. The molecule has 54 valence electrons. The van der Waals surface area contributed by atoms with Crippen molar-refractivity contribution in [3.05, 3.63) is 12.3 Å². The molecule has 2 aliphatic rings. The third kappa shape index (κ3) is 1.13. The molecule has 1 saturated carbocycles. The van der Waals surface area contributed by atoms with Crippen LogP contribution in [-0.4, -0.2) is 5.71 Å². The van der Waals surface area contributed by atoms with Crippen LogP contribution in [0.25, 0.3) is 0 Å². The maximum atomic E-state index is 4.38. The summed E-state index contributed by atoms with van der Waals surface area (Å²) in [6, 6.07) is 0. The third-order valence-electron chi connectivity index (χ3n) is 2.43. The molecule has 1 nitrogen and oxygen atoms in total. The second-order valence-electron chi connectivity index (χ2n) is 3.28. The summed E-state index contributed by atoms with van der Waals surface area (Å²) in [6.45, 7) is 0. The fourth-order valence-electron chi connectivity index (χ4n) is 1.86. The standard InChI is InChI=1S/C9H13N/c1-3-8-4-2-6-10-9(5-1)7-8/h2,6,8H,1,3-5,7H2. The van der Waals surface area contributed by atoms with E-state index in [9.17, 15) is 0 Å². The Kier molecular flexibility index (Phi) is 1.58.